The summed E-state index contributed by atoms with van der Waals surface area (Å²) >= 11 is 1.55. The molecule has 1 aliphatic rings. The first-order chi connectivity index (χ1) is 16.7. The second-order valence-corrected chi connectivity index (χ2v) is 9.52. The average Bonchev–Trinajstić information content (AvgIpc) is 3.32. The van der Waals surface area contributed by atoms with Crippen LogP contribution in [-0.2, 0) is 13.2 Å². The first kappa shape index (κ1) is 22.8. The first-order valence-electron chi connectivity index (χ1n) is 11.6. The van der Waals surface area contributed by atoms with E-state index in [1.165, 1.54) is 5.56 Å². The van der Waals surface area contributed by atoms with Gasteiger partial charge in [0.1, 0.15) is 17.7 Å². The molecule has 2 N–H and O–H groups in total. The van der Waals surface area contributed by atoms with Crippen LogP contribution in [0.5, 0.6) is 6.01 Å². The molecule has 3 aromatic heterocycles. The number of hydrogen-bond acceptors (Lipinski definition) is 9. The van der Waals surface area contributed by atoms with E-state index >= 15 is 0 Å². The molecule has 4 aromatic rings. The van der Waals surface area contributed by atoms with Crippen LogP contribution in [0, 0.1) is 0 Å². The number of nitrogens with two attached hydrogens (primary N) is 1. The molecule has 1 aromatic carbocycles. The molecule has 1 saturated heterocycles. The Hall–Kier alpha value is -2.98. The lowest BCUT2D eigenvalue weighted by molar-refractivity contribution is 0.132. The molecule has 1 unspecified atom stereocenters. The Balaban J connectivity index is 1.21. The summed E-state index contributed by atoms with van der Waals surface area (Å²) < 4.78 is 6.98. The fraction of sp³-hybridized carbons (Fsp3) is 0.360. The van der Waals surface area contributed by atoms with Gasteiger partial charge in [-0.25, -0.2) is 9.97 Å². The highest BCUT2D eigenvalue weighted by Gasteiger charge is 2.17. The van der Waals surface area contributed by atoms with E-state index in [1.54, 1.807) is 36.0 Å². The van der Waals surface area contributed by atoms with Crippen molar-refractivity contribution < 1.29 is 4.74 Å². The minimum atomic E-state index is -0.445. The maximum absolute atomic E-state index is 6.46. The number of piperazine rings is 1. The van der Waals surface area contributed by atoms with Crippen LogP contribution >= 0.6 is 11.3 Å². The van der Waals surface area contributed by atoms with Crippen molar-refractivity contribution in [2.24, 2.45) is 5.73 Å². The highest BCUT2D eigenvalue weighted by Crippen LogP contribution is 2.28. The SMILES string of the molecule is CCN1CCN(Cc2cccc(COc3nccc(C(N)c4nc5cnccc5s4)n3)c2)CC1. The molecule has 9 heteroatoms. The van der Waals surface area contributed by atoms with Gasteiger partial charge in [0.15, 0.2) is 0 Å². The van der Waals surface area contributed by atoms with Crippen LogP contribution in [-0.4, -0.2) is 62.5 Å². The van der Waals surface area contributed by atoms with Crippen molar-refractivity contribution >= 4 is 21.6 Å². The van der Waals surface area contributed by atoms with Gasteiger partial charge >= 0.3 is 6.01 Å². The maximum atomic E-state index is 6.46. The number of pyridine rings is 1. The predicted octanol–water partition coefficient (Wildman–Crippen LogP) is 3.25. The smallest absolute Gasteiger partial charge is 0.316 e. The van der Waals surface area contributed by atoms with Gasteiger partial charge in [0.2, 0.25) is 0 Å². The molecular formula is C25H29N7OS. The highest BCUT2D eigenvalue weighted by atomic mass is 32.1. The van der Waals surface area contributed by atoms with Crippen molar-refractivity contribution in [3.63, 3.8) is 0 Å². The van der Waals surface area contributed by atoms with Crippen LogP contribution in [0.25, 0.3) is 10.2 Å². The molecule has 0 saturated carbocycles. The number of nitrogens with zero attached hydrogens (tertiary/aromatic N) is 6. The van der Waals surface area contributed by atoms with Gasteiger partial charge in [-0.15, -0.1) is 11.3 Å². The summed E-state index contributed by atoms with van der Waals surface area (Å²) in [4.78, 5) is 22.6. The topological polar surface area (TPSA) is 93.3 Å². The fourth-order valence-corrected chi connectivity index (χ4v) is 5.09. The molecule has 0 spiro atoms. The lowest BCUT2D eigenvalue weighted by Gasteiger charge is -2.34. The summed E-state index contributed by atoms with van der Waals surface area (Å²) in [5.74, 6) is 0. The summed E-state index contributed by atoms with van der Waals surface area (Å²) in [7, 11) is 0. The number of ether oxygens (including phenoxy) is 1. The average molecular weight is 476 g/mol. The molecule has 0 radical (unpaired) electrons. The van der Waals surface area contributed by atoms with Gasteiger partial charge in [0, 0.05) is 45.1 Å². The minimum Gasteiger partial charge on any atom is -0.459 e. The summed E-state index contributed by atoms with van der Waals surface area (Å²) in [5.41, 5.74) is 10.4. The number of likely N-dealkylation sites (N-methyl/N-ethyl adjacent to an activating group) is 1. The van der Waals surface area contributed by atoms with Gasteiger partial charge < -0.3 is 15.4 Å². The fourth-order valence-electron chi connectivity index (χ4n) is 4.14. The number of thiazole rings is 1. The molecule has 5 rings (SSSR count). The van der Waals surface area contributed by atoms with E-state index in [4.69, 9.17) is 10.5 Å². The van der Waals surface area contributed by atoms with Gasteiger partial charge in [0.25, 0.3) is 0 Å². The molecule has 0 amide bonds. The number of aromatic nitrogens is 4. The van der Waals surface area contributed by atoms with Crippen LogP contribution in [0.15, 0.2) is 55.0 Å². The third kappa shape index (κ3) is 5.39. The molecule has 0 aliphatic carbocycles. The van der Waals surface area contributed by atoms with E-state index in [0.717, 1.165) is 60.1 Å². The minimum absolute atomic E-state index is 0.316. The second kappa shape index (κ2) is 10.5. The quantitative estimate of drug-likeness (QED) is 0.415. The first-order valence-corrected chi connectivity index (χ1v) is 12.4. The molecule has 4 heterocycles. The molecule has 1 fully saturated rings. The summed E-state index contributed by atoms with van der Waals surface area (Å²) in [5, 5.41) is 0.792. The van der Waals surface area contributed by atoms with Crippen molar-refractivity contribution in [2.75, 3.05) is 32.7 Å². The molecule has 176 valence electrons. The van der Waals surface area contributed by atoms with Gasteiger partial charge in [-0.1, -0.05) is 31.2 Å². The second-order valence-electron chi connectivity index (χ2n) is 8.46. The zero-order valence-electron chi connectivity index (χ0n) is 19.3. The third-order valence-electron chi connectivity index (χ3n) is 6.12. The number of hydrogen-bond donors (Lipinski definition) is 1. The number of benzene rings is 1. The van der Waals surface area contributed by atoms with Crippen molar-refractivity contribution in [2.45, 2.75) is 26.1 Å². The Bertz CT molecular complexity index is 1210. The standard InChI is InChI=1S/C25H29N7OS/c1-2-31-10-12-32(13-11-31)16-18-4-3-5-19(14-18)17-33-25-28-9-6-20(30-25)23(26)24-29-21-15-27-8-7-22(21)34-24/h3-9,14-15,23H,2,10-13,16-17,26H2,1H3. The number of fused-ring (bicyclic) bond motifs is 1. The van der Waals surface area contributed by atoms with Crippen molar-refractivity contribution in [1.29, 1.82) is 0 Å². The monoisotopic (exact) mass is 475 g/mol. The Morgan fingerprint density at radius 2 is 1.85 bits per heavy atom. The van der Waals surface area contributed by atoms with Crippen LogP contribution in [0.1, 0.15) is 34.8 Å². The van der Waals surface area contributed by atoms with Gasteiger partial charge in [-0.3, -0.25) is 9.88 Å². The molecule has 34 heavy (non-hydrogen) atoms. The van der Waals surface area contributed by atoms with E-state index in [0.29, 0.717) is 18.3 Å². The van der Waals surface area contributed by atoms with Crippen molar-refractivity contribution in [3.8, 4) is 6.01 Å². The largest absolute Gasteiger partial charge is 0.459 e. The van der Waals surface area contributed by atoms with Gasteiger partial charge in [-0.05, 0) is 29.8 Å². The van der Waals surface area contributed by atoms with E-state index < -0.39 is 6.04 Å². The lowest BCUT2D eigenvalue weighted by atomic mass is 10.1. The molecule has 0 bridgehead atoms. The molecule has 1 aliphatic heterocycles. The third-order valence-corrected chi connectivity index (χ3v) is 7.24. The zero-order valence-corrected chi connectivity index (χ0v) is 20.1. The maximum Gasteiger partial charge on any atom is 0.316 e. The van der Waals surface area contributed by atoms with Gasteiger partial charge in [-0.2, -0.15) is 4.98 Å². The Morgan fingerprint density at radius 1 is 1.03 bits per heavy atom. The zero-order chi connectivity index (χ0) is 23.3. The van der Waals surface area contributed by atoms with Crippen molar-refractivity contribution in [3.05, 3.63) is 76.8 Å². The van der Waals surface area contributed by atoms with E-state index in [-0.39, 0.29) is 0 Å². The predicted molar refractivity (Wildman–Crippen MR) is 134 cm³/mol. The van der Waals surface area contributed by atoms with Crippen LogP contribution < -0.4 is 10.5 Å². The van der Waals surface area contributed by atoms with Crippen LogP contribution in [0.2, 0.25) is 0 Å². The highest BCUT2D eigenvalue weighted by molar-refractivity contribution is 7.18. The summed E-state index contributed by atoms with van der Waals surface area (Å²) in [6.07, 6.45) is 5.18. The summed E-state index contributed by atoms with van der Waals surface area (Å²) in [6.45, 7) is 9.23. The molecule has 8 nitrogen and oxygen atoms in total. The Labute approximate surface area is 203 Å². The van der Waals surface area contributed by atoms with Crippen LogP contribution in [0.4, 0.5) is 0 Å². The van der Waals surface area contributed by atoms with Gasteiger partial charge in [0.05, 0.1) is 22.1 Å². The number of rotatable bonds is 8. The van der Waals surface area contributed by atoms with Crippen molar-refractivity contribution in [1.82, 2.24) is 29.7 Å². The molecule has 1 atom stereocenters. The van der Waals surface area contributed by atoms with Crippen LogP contribution in [0.3, 0.4) is 0 Å². The Kier molecular flexibility index (Phi) is 7.05. The lowest BCUT2D eigenvalue weighted by Crippen LogP contribution is -2.45. The van der Waals surface area contributed by atoms with E-state index in [2.05, 4.69) is 60.9 Å². The Morgan fingerprint density at radius 3 is 2.68 bits per heavy atom. The summed E-state index contributed by atoms with van der Waals surface area (Å²) in [6, 6.07) is 12.2. The normalized spacial score (nSPS) is 16.1. The molecular weight excluding hydrogens is 446 g/mol. The van der Waals surface area contributed by atoms with E-state index in [1.807, 2.05) is 6.07 Å². The van der Waals surface area contributed by atoms with E-state index in [9.17, 15) is 0 Å².